The molecule has 0 atom stereocenters. The van der Waals surface area contributed by atoms with Gasteiger partial charge in [-0.3, -0.25) is 0 Å². The summed E-state index contributed by atoms with van der Waals surface area (Å²) in [6.45, 7) is 0.767. The number of aromatic carboxylic acids is 1. The number of nitrogens with one attached hydrogen (secondary N) is 1. The second kappa shape index (κ2) is 5.48. The zero-order chi connectivity index (χ0) is 13.2. The molecule has 2 N–H and O–H groups in total. The van der Waals surface area contributed by atoms with Crippen molar-refractivity contribution in [1.82, 2.24) is 4.98 Å². The van der Waals surface area contributed by atoms with Crippen LogP contribution in [0.5, 0.6) is 0 Å². The minimum absolute atomic E-state index is 0.208. The van der Waals surface area contributed by atoms with Crippen molar-refractivity contribution < 1.29 is 9.90 Å². The van der Waals surface area contributed by atoms with E-state index >= 15 is 0 Å². The van der Waals surface area contributed by atoms with Crippen LogP contribution < -0.4 is 5.32 Å². The minimum Gasteiger partial charge on any atom is -0.478 e. The number of rotatable bonds is 5. The van der Waals surface area contributed by atoms with Gasteiger partial charge in [-0.1, -0.05) is 6.42 Å². The van der Waals surface area contributed by atoms with E-state index in [1.165, 1.54) is 19.3 Å². The minimum atomic E-state index is -0.960. The second-order valence-corrected chi connectivity index (χ2v) is 6.64. The molecule has 0 unspecified atom stereocenters. The summed E-state index contributed by atoms with van der Waals surface area (Å²) < 4.78 is 0.929. The molecule has 0 spiro atoms. The van der Waals surface area contributed by atoms with Crippen LogP contribution in [0.2, 0.25) is 0 Å². The van der Waals surface area contributed by atoms with Gasteiger partial charge in [-0.15, -0.1) is 0 Å². The third-order valence-corrected chi connectivity index (χ3v) is 5.21. The Morgan fingerprint density at radius 3 is 2.89 bits per heavy atom. The van der Waals surface area contributed by atoms with Crippen LogP contribution in [0.1, 0.15) is 29.6 Å². The largest absolute Gasteiger partial charge is 0.478 e. The highest BCUT2D eigenvalue weighted by molar-refractivity contribution is 9.10. The number of hydrogen-bond donors (Lipinski definition) is 2. The lowest BCUT2D eigenvalue weighted by Crippen LogP contribution is -2.40. The monoisotopic (exact) mass is 330 g/mol. The first-order valence-corrected chi connectivity index (χ1v) is 7.76. The van der Waals surface area contributed by atoms with Crippen LogP contribution in [0.4, 0.5) is 5.82 Å². The smallest absolute Gasteiger partial charge is 0.339 e. The van der Waals surface area contributed by atoms with E-state index in [-0.39, 0.29) is 10.3 Å². The maximum absolute atomic E-state index is 11.1. The summed E-state index contributed by atoms with van der Waals surface area (Å²) in [5.74, 6) is -0.510. The molecule has 1 aromatic heterocycles. The van der Waals surface area contributed by atoms with Gasteiger partial charge >= 0.3 is 5.97 Å². The maximum atomic E-state index is 11.1. The topological polar surface area (TPSA) is 62.2 Å². The fraction of sp³-hybridized carbons (Fsp3) is 0.500. The molecule has 0 bridgehead atoms. The van der Waals surface area contributed by atoms with Crippen molar-refractivity contribution in [3.05, 3.63) is 22.3 Å². The number of aromatic nitrogens is 1. The molecule has 0 radical (unpaired) electrons. The van der Waals surface area contributed by atoms with Gasteiger partial charge in [0.05, 0.1) is 0 Å². The zero-order valence-corrected chi connectivity index (χ0v) is 12.5. The molecule has 18 heavy (non-hydrogen) atoms. The van der Waals surface area contributed by atoms with Crippen LogP contribution in [0.15, 0.2) is 16.7 Å². The Hall–Kier alpha value is -0.750. The van der Waals surface area contributed by atoms with Crippen molar-refractivity contribution in [3.63, 3.8) is 0 Å². The van der Waals surface area contributed by atoms with Crippen LogP contribution in [0.25, 0.3) is 0 Å². The van der Waals surface area contributed by atoms with Crippen LogP contribution >= 0.6 is 27.7 Å². The van der Waals surface area contributed by atoms with E-state index in [9.17, 15) is 4.79 Å². The van der Waals surface area contributed by atoms with E-state index in [0.717, 1.165) is 6.54 Å². The first-order valence-electron chi connectivity index (χ1n) is 5.74. The average molecular weight is 331 g/mol. The summed E-state index contributed by atoms with van der Waals surface area (Å²) in [5, 5.41) is 12.3. The Morgan fingerprint density at radius 1 is 1.67 bits per heavy atom. The van der Waals surface area contributed by atoms with Gasteiger partial charge in [0.15, 0.2) is 0 Å². The van der Waals surface area contributed by atoms with Crippen LogP contribution in [-0.4, -0.2) is 33.6 Å². The van der Waals surface area contributed by atoms with E-state index in [4.69, 9.17) is 5.11 Å². The molecule has 2 rings (SSSR count). The molecule has 1 fully saturated rings. The molecule has 0 aromatic carbocycles. The van der Waals surface area contributed by atoms with Gasteiger partial charge in [-0.25, -0.2) is 9.78 Å². The quantitative estimate of drug-likeness (QED) is 0.867. The van der Waals surface area contributed by atoms with Gasteiger partial charge < -0.3 is 10.4 Å². The number of carboxylic acid groups (broad SMARTS) is 1. The van der Waals surface area contributed by atoms with Gasteiger partial charge in [-0.05, 0) is 41.1 Å². The number of hydrogen-bond acceptors (Lipinski definition) is 4. The molecule has 1 heterocycles. The van der Waals surface area contributed by atoms with Crippen molar-refractivity contribution in [2.24, 2.45) is 0 Å². The molecule has 1 aliphatic carbocycles. The first kappa shape index (κ1) is 13.7. The van der Waals surface area contributed by atoms with Crippen molar-refractivity contribution in [2.45, 2.75) is 24.0 Å². The van der Waals surface area contributed by atoms with Gasteiger partial charge in [0.25, 0.3) is 0 Å². The third kappa shape index (κ3) is 2.80. The molecular formula is C12H15BrN2O2S. The molecule has 6 heteroatoms. The molecule has 0 amide bonds. The number of carbonyl (C=O) groups is 1. The molecule has 1 saturated carbocycles. The predicted octanol–water partition coefficient (Wildman–Crippen LogP) is 3.24. The lowest BCUT2D eigenvalue weighted by atomic mass is 9.84. The standard InChI is InChI=1S/C12H15BrN2O2S/c1-18-12(3-2-4-12)7-15-10-9(11(16)17)5-8(13)6-14-10/h5-6H,2-4,7H2,1H3,(H,14,15)(H,16,17). The highest BCUT2D eigenvalue weighted by atomic mass is 79.9. The van der Waals surface area contributed by atoms with Gasteiger partial charge in [0.1, 0.15) is 11.4 Å². The summed E-state index contributed by atoms with van der Waals surface area (Å²) in [6.07, 6.45) is 7.33. The van der Waals surface area contributed by atoms with E-state index in [1.54, 1.807) is 12.3 Å². The van der Waals surface area contributed by atoms with E-state index < -0.39 is 5.97 Å². The molecular weight excluding hydrogens is 316 g/mol. The molecule has 1 aliphatic rings. The molecule has 4 nitrogen and oxygen atoms in total. The average Bonchev–Trinajstić information content (AvgIpc) is 2.29. The fourth-order valence-corrected chi connectivity index (χ4v) is 3.26. The molecule has 1 aromatic rings. The van der Waals surface area contributed by atoms with Crippen molar-refractivity contribution in [2.75, 3.05) is 18.1 Å². The summed E-state index contributed by atoms with van der Waals surface area (Å²) >= 11 is 5.08. The Morgan fingerprint density at radius 2 is 2.39 bits per heavy atom. The number of pyridine rings is 1. The highest BCUT2D eigenvalue weighted by Gasteiger charge is 2.36. The molecule has 0 aliphatic heterocycles. The maximum Gasteiger partial charge on any atom is 0.339 e. The molecule has 98 valence electrons. The van der Waals surface area contributed by atoms with Crippen molar-refractivity contribution in [3.8, 4) is 0 Å². The number of thioether (sulfide) groups is 1. The van der Waals surface area contributed by atoms with Gasteiger partial charge in [-0.2, -0.15) is 11.8 Å². The number of anilines is 1. The summed E-state index contributed by atoms with van der Waals surface area (Å²) in [5.41, 5.74) is 0.208. The lowest BCUT2D eigenvalue weighted by Gasteiger charge is -2.40. The van der Waals surface area contributed by atoms with Crippen molar-refractivity contribution in [1.29, 1.82) is 0 Å². The van der Waals surface area contributed by atoms with Crippen molar-refractivity contribution >= 4 is 39.5 Å². The Kier molecular flexibility index (Phi) is 4.17. The fourth-order valence-electron chi connectivity index (χ4n) is 2.01. The van der Waals surface area contributed by atoms with E-state index in [1.807, 2.05) is 11.8 Å². The van der Waals surface area contributed by atoms with E-state index in [2.05, 4.69) is 32.5 Å². The Balaban J connectivity index is 2.11. The van der Waals surface area contributed by atoms with Crippen LogP contribution in [-0.2, 0) is 0 Å². The second-order valence-electron chi connectivity index (χ2n) is 4.45. The highest BCUT2D eigenvalue weighted by Crippen LogP contribution is 2.42. The van der Waals surface area contributed by atoms with Gasteiger partial charge in [0, 0.05) is 22.0 Å². The summed E-state index contributed by atoms with van der Waals surface area (Å²) in [7, 11) is 0. The van der Waals surface area contributed by atoms with Gasteiger partial charge in [0.2, 0.25) is 0 Å². The lowest BCUT2D eigenvalue weighted by molar-refractivity contribution is 0.0697. The summed E-state index contributed by atoms with van der Waals surface area (Å²) in [6, 6.07) is 1.57. The number of nitrogens with zero attached hydrogens (tertiary/aromatic N) is 1. The number of carboxylic acids is 1. The molecule has 0 saturated heterocycles. The Labute approximate surface area is 119 Å². The first-order chi connectivity index (χ1) is 8.56. The van der Waals surface area contributed by atoms with Crippen LogP contribution in [0, 0.1) is 0 Å². The normalized spacial score (nSPS) is 17.0. The predicted molar refractivity (Wildman–Crippen MR) is 77.5 cm³/mol. The van der Waals surface area contributed by atoms with Crippen LogP contribution in [0.3, 0.4) is 0 Å². The third-order valence-electron chi connectivity index (χ3n) is 3.36. The SMILES string of the molecule is CSC1(CNc2ncc(Br)cc2C(=O)O)CCC1. The number of halogens is 1. The van der Waals surface area contributed by atoms with E-state index in [0.29, 0.717) is 10.3 Å². The Bertz CT molecular complexity index is 458. The zero-order valence-electron chi connectivity index (χ0n) is 10.1. The summed E-state index contributed by atoms with van der Waals surface area (Å²) in [4.78, 5) is 15.3.